The molecule has 1 atom stereocenters. The van der Waals surface area contributed by atoms with Crippen molar-refractivity contribution in [3.63, 3.8) is 0 Å². The van der Waals surface area contributed by atoms with Crippen molar-refractivity contribution in [2.75, 3.05) is 39.6 Å². The fourth-order valence-corrected chi connectivity index (χ4v) is 6.04. The normalized spacial score (nSPS) is 12.1. The van der Waals surface area contributed by atoms with Gasteiger partial charge in [-0.1, -0.05) is 46.9 Å². The molecule has 49 heavy (non-hydrogen) atoms. The summed E-state index contributed by atoms with van der Waals surface area (Å²) in [5.41, 5.74) is 4.00. The monoisotopic (exact) mass is 721 g/mol. The molecule has 0 radical (unpaired) electrons. The van der Waals surface area contributed by atoms with Gasteiger partial charge in [0, 0.05) is 79.9 Å². The zero-order valence-corrected chi connectivity index (χ0v) is 28.7. The zero-order chi connectivity index (χ0) is 34.0. The summed E-state index contributed by atoms with van der Waals surface area (Å²) in [6, 6.07) is 18.3. The van der Waals surface area contributed by atoms with Gasteiger partial charge in [-0.3, -0.25) is 9.78 Å². The molecule has 1 unspecified atom stereocenters. The SMILES string of the molecule is O=C(NCCOCCOCCOc1ccc2c(c1)[nH]c1ccncc12)c1ccc(C(Cn2ccnc2)OCc2ccc(Cl)cc2Cl)c(Cl)c1. The number of carbonyl (C=O) groups is 1. The van der Waals surface area contributed by atoms with Gasteiger partial charge in [-0.2, -0.15) is 0 Å². The van der Waals surface area contributed by atoms with E-state index < -0.39 is 6.10 Å². The maximum Gasteiger partial charge on any atom is 0.251 e. The molecular weight excluding hydrogens is 689 g/mol. The predicted molar refractivity (Wildman–Crippen MR) is 191 cm³/mol. The average Bonchev–Trinajstić information content (AvgIpc) is 3.75. The van der Waals surface area contributed by atoms with E-state index in [0.717, 1.165) is 38.7 Å². The number of aromatic nitrogens is 4. The van der Waals surface area contributed by atoms with Crippen LogP contribution in [-0.4, -0.2) is 65.0 Å². The summed E-state index contributed by atoms with van der Waals surface area (Å²) in [5, 5.41) is 6.53. The van der Waals surface area contributed by atoms with E-state index in [9.17, 15) is 4.79 Å². The lowest BCUT2D eigenvalue weighted by Crippen LogP contribution is -2.27. The van der Waals surface area contributed by atoms with Gasteiger partial charge in [0.05, 0.1) is 51.4 Å². The van der Waals surface area contributed by atoms with Crippen LogP contribution in [0.25, 0.3) is 21.8 Å². The molecule has 2 N–H and O–H groups in total. The lowest BCUT2D eigenvalue weighted by Gasteiger charge is -2.21. The average molecular weight is 723 g/mol. The second kappa shape index (κ2) is 17.0. The Hall–Kier alpha value is -4.16. The summed E-state index contributed by atoms with van der Waals surface area (Å²) in [6.07, 6.45) is 8.43. The van der Waals surface area contributed by atoms with Crippen LogP contribution in [0.3, 0.4) is 0 Å². The van der Waals surface area contributed by atoms with Gasteiger partial charge < -0.3 is 33.8 Å². The van der Waals surface area contributed by atoms with E-state index >= 15 is 0 Å². The van der Waals surface area contributed by atoms with Crippen molar-refractivity contribution < 1.29 is 23.7 Å². The van der Waals surface area contributed by atoms with Crippen molar-refractivity contribution in [2.45, 2.75) is 19.3 Å². The first-order chi connectivity index (χ1) is 23.9. The van der Waals surface area contributed by atoms with Crippen LogP contribution in [0.2, 0.25) is 15.1 Å². The number of amides is 1. The standard InChI is InChI=1S/C36H34Cl3N5O5/c37-26-3-1-25(31(38)18-26)22-49-35(21-44-11-9-41-23-44)29-5-2-24(17-32(29)39)36(45)42-10-12-46-13-14-47-15-16-48-27-4-6-28-30-20-40-8-7-33(30)43-34(28)19-27/h1-9,11,17-20,23,35,43H,10,12-16,21-22H2,(H,42,45). The Morgan fingerprint density at radius 2 is 1.69 bits per heavy atom. The largest absolute Gasteiger partial charge is 0.491 e. The Kier molecular flexibility index (Phi) is 12.0. The number of carbonyl (C=O) groups excluding carboxylic acids is 1. The van der Waals surface area contributed by atoms with Crippen LogP contribution in [0.4, 0.5) is 0 Å². The fraction of sp³-hybridized carbons (Fsp3) is 0.250. The summed E-state index contributed by atoms with van der Waals surface area (Å²) in [7, 11) is 0. The molecule has 6 aromatic rings. The predicted octanol–water partition coefficient (Wildman–Crippen LogP) is 7.67. The van der Waals surface area contributed by atoms with Gasteiger partial charge >= 0.3 is 0 Å². The lowest BCUT2D eigenvalue weighted by atomic mass is 10.1. The number of pyridine rings is 1. The first kappa shape index (κ1) is 34.7. The third kappa shape index (κ3) is 9.30. The van der Waals surface area contributed by atoms with Gasteiger partial charge in [-0.25, -0.2) is 4.98 Å². The third-order valence-electron chi connectivity index (χ3n) is 7.77. The highest BCUT2D eigenvalue weighted by atomic mass is 35.5. The molecule has 0 bridgehead atoms. The van der Waals surface area contributed by atoms with Gasteiger partial charge in [-0.15, -0.1) is 0 Å². The molecule has 3 heterocycles. The number of imidazole rings is 1. The van der Waals surface area contributed by atoms with Gasteiger partial charge in [-0.05, 0) is 48.0 Å². The first-order valence-corrected chi connectivity index (χ1v) is 16.8. The summed E-state index contributed by atoms with van der Waals surface area (Å²) >= 11 is 19.1. The Morgan fingerprint density at radius 1 is 0.837 bits per heavy atom. The molecule has 13 heteroatoms. The van der Waals surface area contributed by atoms with Gasteiger partial charge in [0.15, 0.2) is 0 Å². The van der Waals surface area contributed by atoms with Crippen molar-refractivity contribution in [3.05, 3.63) is 124 Å². The second-order valence-corrected chi connectivity index (χ2v) is 12.4. The third-order valence-corrected chi connectivity index (χ3v) is 8.69. The van der Waals surface area contributed by atoms with Gasteiger partial charge in [0.25, 0.3) is 5.91 Å². The van der Waals surface area contributed by atoms with Crippen molar-refractivity contribution in [2.24, 2.45) is 0 Å². The zero-order valence-electron chi connectivity index (χ0n) is 26.4. The quantitative estimate of drug-likeness (QED) is 0.0930. The molecule has 0 saturated carbocycles. The van der Waals surface area contributed by atoms with Crippen LogP contribution in [-0.2, 0) is 27.4 Å². The number of aromatic amines is 1. The Bertz CT molecular complexity index is 2000. The van der Waals surface area contributed by atoms with Crippen molar-refractivity contribution in [1.82, 2.24) is 24.8 Å². The summed E-state index contributed by atoms with van der Waals surface area (Å²) < 4.78 is 25.2. The van der Waals surface area contributed by atoms with Crippen molar-refractivity contribution in [1.29, 1.82) is 0 Å². The van der Waals surface area contributed by atoms with E-state index in [-0.39, 0.29) is 12.5 Å². The number of fused-ring (bicyclic) bond motifs is 3. The van der Waals surface area contributed by atoms with E-state index in [0.29, 0.717) is 66.8 Å². The molecule has 0 spiro atoms. The van der Waals surface area contributed by atoms with E-state index in [4.69, 9.17) is 53.8 Å². The molecule has 254 valence electrons. The second-order valence-electron chi connectivity index (χ2n) is 11.1. The Labute approximate surface area is 298 Å². The number of hydrogen-bond donors (Lipinski definition) is 2. The lowest BCUT2D eigenvalue weighted by molar-refractivity contribution is 0.0280. The Morgan fingerprint density at radius 3 is 2.51 bits per heavy atom. The molecule has 3 aromatic heterocycles. The highest BCUT2D eigenvalue weighted by molar-refractivity contribution is 6.35. The van der Waals surface area contributed by atoms with Crippen LogP contribution in [0, 0.1) is 0 Å². The minimum atomic E-state index is -0.430. The number of hydrogen-bond acceptors (Lipinski definition) is 7. The van der Waals surface area contributed by atoms with E-state index in [1.54, 1.807) is 49.1 Å². The van der Waals surface area contributed by atoms with Crippen LogP contribution < -0.4 is 10.1 Å². The first-order valence-electron chi connectivity index (χ1n) is 15.7. The van der Waals surface area contributed by atoms with E-state index in [1.165, 1.54) is 0 Å². The fourth-order valence-electron chi connectivity index (χ4n) is 5.28. The topological polar surface area (TPSA) is 113 Å². The minimum absolute atomic E-state index is 0.244. The summed E-state index contributed by atoms with van der Waals surface area (Å²) in [6.45, 7) is 3.03. The maximum atomic E-state index is 12.8. The van der Waals surface area contributed by atoms with E-state index in [2.05, 4.69) is 20.3 Å². The number of halogens is 3. The molecule has 0 saturated heterocycles. The van der Waals surface area contributed by atoms with Crippen LogP contribution >= 0.6 is 34.8 Å². The molecule has 0 aliphatic carbocycles. The molecule has 1 amide bonds. The molecule has 0 aliphatic rings. The number of nitrogens with zero attached hydrogens (tertiary/aromatic N) is 3. The molecule has 6 rings (SSSR count). The van der Waals surface area contributed by atoms with Crippen LogP contribution in [0.5, 0.6) is 5.75 Å². The molecule has 3 aromatic carbocycles. The highest BCUT2D eigenvalue weighted by Gasteiger charge is 2.19. The van der Waals surface area contributed by atoms with Crippen molar-refractivity contribution >= 4 is 62.5 Å². The van der Waals surface area contributed by atoms with Gasteiger partial charge in [0.2, 0.25) is 0 Å². The van der Waals surface area contributed by atoms with Crippen LogP contribution in [0.15, 0.2) is 91.8 Å². The smallest absolute Gasteiger partial charge is 0.251 e. The number of rotatable bonds is 17. The summed E-state index contributed by atoms with van der Waals surface area (Å²) in [4.78, 5) is 24.5. The minimum Gasteiger partial charge on any atom is -0.491 e. The number of ether oxygens (including phenoxy) is 4. The number of nitrogens with one attached hydrogen (secondary N) is 2. The maximum absolute atomic E-state index is 12.8. The van der Waals surface area contributed by atoms with Crippen LogP contribution in [0.1, 0.15) is 27.6 Å². The van der Waals surface area contributed by atoms with Gasteiger partial charge in [0.1, 0.15) is 18.5 Å². The number of benzene rings is 3. The molecule has 0 aliphatic heterocycles. The highest BCUT2D eigenvalue weighted by Crippen LogP contribution is 2.31. The molecular formula is C36H34Cl3N5O5. The van der Waals surface area contributed by atoms with E-state index in [1.807, 2.05) is 47.3 Å². The molecule has 0 fully saturated rings. The Balaban J connectivity index is 0.895. The summed E-state index contributed by atoms with van der Waals surface area (Å²) in [5.74, 6) is 0.508. The van der Waals surface area contributed by atoms with Crippen molar-refractivity contribution in [3.8, 4) is 5.75 Å². The molecule has 10 nitrogen and oxygen atoms in total. The number of H-pyrrole nitrogens is 1.